The number of rotatable bonds is 6. The fraction of sp³-hybridized carbons (Fsp3) is 0.778. The topological polar surface area (TPSA) is 64.3 Å². The van der Waals surface area contributed by atoms with Crippen LogP contribution in [0.4, 0.5) is 0 Å². The van der Waals surface area contributed by atoms with Gasteiger partial charge in [-0.2, -0.15) is 0 Å². The molecule has 82 valence electrons. The van der Waals surface area contributed by atoms with Crippen LogP contribution in [0, 0.1) is 5.92 Å². The van der Waals surface area contributed by atoms with Crippen molar-refractivity contribution >= 4 is 23.1 Å². The highest BCUT2D eigenvalue weighted by Gasteiger charge is 2.18. The van der Waals surface area contributed by atoms with Crippen molar-refractivity contribution in [3.8, 4) is 0 Å². The largest absolute Gasteiger partial charge is 0.392 e. The highest BCUT2D eigenvalue weighted by molar-refractivity contribution is 7.80. The molecule has 0 rings (SSSR count). The van der Waals surface area contributed by atoms with Crippen molar-refractivity contribution in [2.75, 3.05) is 13.7 Å². The molecule has 1 unspecified atom stereocenters. The lowest BCUT2D eigenvalue weighted by atomic mass is 10.0. The first-order valence-electron chi connectivity index (χ1n) is 4.56. The molecule has 0 aromatic rings. The Kier molecular flexibility index (Phi) is 6.40. The van der Waals surface area contributed by atoms with E-state index in [0.717, 1.165) is 0 Å². The number of nitrogens with two attached hydrogens (primary N) is 1. The number of ether oxygens (including phenoxy) is 1. The Balaban J connectivity index is 4.04. The summed E-state index contributed by atoms with van der Waals surface area (Å²) in [5.74, 6) is 0.123. The van der Waals surface area contributed by atoms with E-state index in [-0.39, 0.29) is 17.9 Å². The third-order valence-corrected chi connectivity index (χ3v) is 2.08. The third-order valence-electron chi connectivity index (χ3n) is 1.82. The summed E-state index contributed by atoms with van der Waals surface area (Å²) in [6.07, 6.45) is 0.336. The molecule has 0 fully saturated rings. The third kappa shape index (κ3) is 5.14. The van der Waals surface area contributed by atoms with Crippen LogP contribution in [0.15, 0.2) is 0 Å². The molecule has 0 aliphatic rings. The Bertz CT molecular complexity index is 207. The Morgan fingerprint density at radius 1 is 1.57 bits per heavy atom. The molecule has 0 aromatic heterocycles. The minimum absolute atomic E-state index is 0.0849. The van der Waals surface area contributed by atoms with Crippen LogP contribution in [0.25, 0.3) is 0 Å². The second kappa shape index (κ2) is 6.73. The number of thiocarbonyl (C=S) groups is 1. The number of hydrogen-bond acceptors (Lipinski definition) is 3. The van der Waals surface area contributed by atoms with Gasteiger partial charge in [0.25, 0.3) is 0 Å². The van der Waals surface area contributed by atoms with Crippen LogP contribution in [-0.2, 0) is 9.53 Å². The maximum absolute atomic E-state index is 11.3. The summed E-state index contributed by atoms with van der Waals surface area (Å²) < 4.78 is 4.79. The molecule has 3 N–H and O–H groups in total. The zero-order chi connectivity index (χ0) is 11.1. The molecule has 0 saturated heterocycles. The van der Waals surface area contributed by atoms with Gasteiger partial charge in [-0.3, -0.25) is 4.79 Å². The van der Waals surface area contributed by atoms with Crippen molar-refractivity contribution in [3.63, 3.8) is 0 Å². The lowest BCUT2D eigenvalue weighted by molar-refractivity contribution is -0.122. The average molecular weight is 218 g/mol. The Morgan fingerprint density at radius 2 is 2.14 bits per heavy atom. The molecule has 0 aromatic carbocycles. The predicted molar refractivity (Wildman–Crippen MR) is 60.0 cm³/mol. The summed E-state index contributed by atoms with van der Waals surface area (Å²) in [6.45, 7) is 4.33. The minimum atomic E-state index is -0.227. The van der Waals surface area contributed by atoms with Crippen LogP contribution < -0.4 is 11.1 Å². The smallest absolute Gasteiger partial charge is 0.222 e. The molecule has 0 aliphatic heterocycles. The maximum Gasteiger partial charge on any atom is 0.222 e. The van der Waals surface area contributed by atoms with Crippen LogP contribution >= 0.6 is 12.2 Å². The molecule has 0 spiro atoms. The second-order valence-electron chi connectivity index (χ2n) is 3.43. The van der Waals surface area contributed by atoms with Crippen molar-refractivity contribution in [2.24, 2.45) is 11.7 Å². The maximum atomic E-state index is 11.3. The zero-order valence-electron chi connectivity index (χ0n) is 8.87. The first kappa shape index (κ1) is 13.3. The first-order chi connectivity index (χ1) is 6.49. The first-order valence-corrected chi connectivity index (χ1v) is 4.97. The lowest BCUT2D eigenvalue weighted by Gasteiger charge is -2.20. The van der Waals surface area contributed by atoms with E-state index >= 15 is 0 Å². The van der Waals surface area contributed by atoms with Crippen LogP contribution in [0.1, 0.15) is 20.3 Å². The quantitative estimate of drug-likeness (QED) is 0.635. The van der Waals surface area contributed by atoms with E-state index < -0.39 is 0 Å². The summed E-state index contributed by atoms with van der Waals surface area (Å²) >= 11 is 4.86. The van der Waals surface area contributed by atoms with E-state index in [1.54, 1.807) is 7.11 Å². The molecule has 4 nitrogen and oxygen atoms in total. The fourth-order valence-electron chi connectivity index (χ4n) is 1.01. The van der Waals surface area contributed by atoms with E-state index in [9.17, 15) is 4.79 Å². The van der Waals surface area contributed by atoms with Gasteiger partial charge in [-0.1, -0.05) is 26.1 Å². The van der Waals surface area contributed by atoms with Crippen molar-refractivity contribution in [2.45, 2.75) is 26.3 Å². The normalized spacial score (nSPS) is 12.6. The summed E-state index contributed by atoms with van der Waals surface area (Å²) in [5.41, 5.74) is 5.50. The zero-order valence-corrected chi connectivity index (χ0v) is 9.69. The lowest BCUT2D eigenvalue weighted by Crippen LogP contribution is -2.47. The number of nitrogens with one attached hydrogen (secondary N) is 1. The molecule has 1 amide bonds. The molecule has 14 heavy (non-hydrogen) atoms. The average Bonchev–Trinajstić information content (AvgIpc) is 2.09. The van der Waals surface area contributed by atoms with Crippen LogP contribution in [0.3, 0.4) is 0 Å². The van der Waals surface area contributed by atoms with Gasteiger partial charge in [0.1, 0.15) is 0 Å². The Labute approximate surface area is 90.2 Å². The molecule has 0 radical (unpaired) electrons. The van der Waals surface area contributed by atoms with Gasteiger partial charge in [0, 0.05) is 13.5 Å². The molecule has 0 heterocycles. The summed E-state index contributed by atoms with van der Waals surface area (Å²) in [6, 6.07) is -0.227. The number of carbonyl (C=O) groups is 1. The van der Waals surface area contributed by atoms with Crippen LogP contribution in [0.2, 0.25) is 0 Å². The van der Waals surface area contributed by atoms with Gasteiger partial charge in [-0.05, 0) is 5.92 Å². The standard InChI is InChI=1S/C9H18N2O2S/c1-6(2)8(9(10)14)11-7(12)4-5-13-3/h6,8H,4-5H2,1-3H3,(H2,10,14)(H,11,12). The molecule has 0 bridgehead atoms. The minimum Gasteiger partial charge on any atom is -0.392 e. The van der Waals surface area contributed by atoms with Gasteiger partial charge in [0.15, 0.2) is 0 Å². The second-order valence-corrected chi connectivity index (χ2v) is 3.91. The van der Waals surface area contributed by atoms with E-state index in [2.05, 4.69) is 5.32 Å². The van der Waals surface area contributed by atoms with Gasteiger partial charge < -0.3 is 15.8 Å². The van der Waals surface area contributed by atoms with Crippen molar-refractivity contribution < 1.29 is 9.53 Å². The number of carbonyl (C=O) groups excluding carboxylic acids is 1. The van der Waals surface area contributed by atoms with Crippen LogP contribution in [0.5, 0.6) is 0 Å². The summed E-state index contributed by atoms with van der Waals surface area (Å²) in [5, 5.41) is 2.77. The number of methoxy groups -OCH3 is 1. The molecule has 0 aliphatic carbocycles. The Morgan fingerprint density at radius 3 is 2.50 bits per heavy atom. The van der Waals surface area contributed by atoms with Gasteiger partial charge in [-0.25, -0.2) is 0 Å². The van der Waals surface area contributed by atoms with E-state index in [1.807, 2.05) is 13.8 Å². The summed E-state index contributed by atoms with van der Waals surface area (Å²) in [4.78, 5) is 11.6. The molecule has 5 heteroatoms. The van der Waals surface area contributed by atoms with Gasteiger partial charge in [-0.15, -0.1) is 0 Å². The van der Waals surface area contributed by atoms with E-state index in [1.165, 1.54) is 0 Å². The molecule has 0 saturated carbocycles. The molecule has 1 atom stereocenters. The van der Waals surface area contributed by atoms with Crippen molar-refractivity contribution in [3.05, 3.63) is 0 Å². The van der Waals surface area contributed by atoms with Gasteiger partial charge in [0.05, 0.1) is 17.6 Å². The fourth-order valence-corrected chi connectivity index (χ4v) is 1.34. The monoisotopic (exact) mass is 218 g/mol. The SMILES string of the molecule is COCCC(=O)NC(C(N)=S)C(C)C. The van der Waals surface area contributed by atoms with Crippen molar-refractivity contribution in [1.29, 1.82) is 0 Å². The van der Waals surface area contributed by atoms with E-state index in [0.29, 0.717) is 18.0 Å². The highest BCUT2D eigenvalue weighted by atomic mass is 32.1. The summed E-state index contributed by atoms with van der Waals surface area (Å²) in [7, 11) is 1.56. The molecular weight excluding hydrogens is 200 g/mol. The molecular formula is C9H18N2O2S. The predicted octanol–water partition coefficient (Wildman–Crippen LogP) is 0.450. The van der Waals surface area contributed by atoms with E-state index in [4.69, 9.17) is 22.7 Å². The number of hydrogen-bond donors (Lipinski definition) is 2. The van der Waals surface area contributed by atoms with Gasteiger partial charge >= 0.3 is 0 Å². The van der Waals surface area contributed by atoms with Gasteiger partial charge in [0.2, 0.25) is 5.91 Å². The van der Waals surface area contributed by atoms with Crippen molar-refractivity contribution in [1.82, 2.24) is 5.32 Å². The van der Waals surface area contributed by atoms with Crippen LogP contribution in [-0.4, -0.2) is 30.7 Å². The number of amides is 1. The highest BCUT2D eigenvalue weighted by Crippen LogP contribution is 2.02. The Hall–Kier alpha value is -0.680.